The zero-order valence-corrected chi connectivity index (χ0v) is 9.43. The van der Waals surface area contributed by atoms with Gasteiger partial charge in [0.25, 0.3) is 0 Å². The SMILES string of the molecule is CCCc1cn2ccc(C(=O)OC)cc2n1. The number of nitrogens with zero attached hydrogens (tertiary/aromatic N) is 2. The lowest BCUT2D eigenvalue weighted by atomic mass is 10.3. The number of carbonyl (C=O) groups is 1. The molecule has 2 heterocycles. The molecular weight excluding hydrogens is 204 g/mol. The molecular formula is C12H14N2O2. The predicted octanol–water partition coefficient (Wildman–Crippen LogP) is 2.07. The van der Waals surface area contributed by atoms with Crippen LogP contribution in [-0.4, -0.2) is 22.5 Å². The van der Waals surface area contributed by atoms with Gasteiger partial charge in [-0.3, -0.25) is 0 Å². The molecule has 0 aliphatic rings. The van der Waals surface area contributed by atoms with E-state index in [9.17, 15) is 4.79 Å². The van der Waals surface area contributed by atoms with Gasteiger partial charge in [0, 0.05) is 12.4 Å². The number of pyridine rings is 1. The first-order valence-corrected chi connectivity index (χ1v) is 5.30. The third kappa shape index (κ3) is 1.91. The molecule has 0 aliphatic heterocycles. The highest BCUT2D eigenvalue weighted by Crippen LogP contribution is 2.10. The van der Waals surface area contributed by atoms with Crippen LogP contribution in [0.4, 0.5) is 0 Å². The number of imidazole rings is 1. The van der Waals surface area contributed by atoms with E-state index in [4.69, 9.17) is 0 Å². The van der Waals surface area contributed by atoms with Crippen LogP contribution in [0.3, 0.4) is 0 Å². The Balaban J connectivity index is 2.41. The van der Waals surface area contributed by atoms with Crippen molar-refractivity contribution in [1.29, 1.82) is 0 Å². The number of aromatic nitrogens is 2. The summed E-state index contributed by atoms with van der Waals surface area (Å²) in [5, 5.41) is 0. The van der Waals surface area contributed by atoms with Crippen molar-refractivity contribution < 1.29 is 9.53 Å². The molecule has 0 saturated carbocycles. The van der Waals surface area contributed by atoms with Gasteiger partial charge in [-0.2, -0.15) is 0 Å². The Morgan fingerprint density at radius 3 is 3.06 bits per heavy atom. The highest BCUT2D eigenvalue weighted by Gasteiger charge is 2.07. The number of carbonyl (C=O) groups excluding carboxylic acids is 1. The Bertz CT molecular complexity index is 517. The van der Waals surface area contributed by atoms with Crippen molar-refractivity contribution in [1.82, 2.24) is 9.38 Å². The summed E-state index contributed by atoms with van der Waals surface area (Å²) >= 11 is 0. The van der Waals surface area contributed by atoms with E-state index in [0.717, 1.165) is 24.2 Å². The lowest BCUT2D eigenvalue weighted by molar-refractivity contribution is 0.0600. The molecule has 0 spiro atoms. The van der Waals surface area contributed by atoms with Crippen molar-refractivity contribution in [3.8, 4) is 0 Å². The van der Waals surface area contributed by atoms with Crippen LogP contribution < -0.4 is 0 Å². The maximum Gasteiger partial charge on any atom is 0.338 e. The third-order valence-electron chi connectivity index (χ3n) is 2.44. The summed E-state index contributed by atoms with van der Waals surface area (Å²) < 4.78 is 6.58. The second-order valence-electron chi connectivity index (χ2n) is 3.65. The molecule has 0 fully saturated rings. The highest BCUT2D eigenvalue weighted by atomic mass is 16.5. The van der Waals surface area contributed by atoms with E-state index in [-0.39, 0.29) is 5.97 Å². The number of aryl methyl sites for hydroxylation is 1. The fraction of sp³-hybridized carbons (Fsp3) is 0.333. The first kappa shape index (κ1) is 10.7. The maximum absolute atomic E-state index is 11.3. The maximum atomic E-state index is 11.3. The molecule has 0 N–H and O–H groups in total. The molecule has 0 radical (unpaired) electrons. The number of fused-ring (bicyclic) bond motifs is 1. The van der Waals surface area contributed by atoms with E-state index >= 15 is 0 Å². The highest BCUT2D eigenvalue weighted by molar-refractivity contribution is 5.90. The first-order valence-electron chi connectivity index (χ1n) is 5.30. The van der Waals surface area contributed by atoms with Gasteiger partial charge in [0.05, 0.1) is 18.4 Å². The van der Waals surface area contributed by atoms with Crippen LogP contribution in [0.15, 0.2) is 24.5 Å². The molecule has 4 heteroatoms. The van der Waals surface area contributed by atoms with Crippen LogP contribution in [-0.2, 0) is 11.2 Å². The normalized spacial score (nSPS) is 10.6. The van der Waals surface area contributed by atoms with Gasteiger partial charge in [-0.25, -0.2) is 9.78 Å². The van der Waals surface area contributed by atoms with Crippen LogP contribution in [0.5, 0.6) is 0 Å². The van der Waals surface area contributed by atoms with Gasteiger partial charge in [0.15, 0.2) is 0 Å². The molecule has 0 atom stereocenters. The molecule has 0 bridgehead atoms. The first-order chi connectivity index (χ1) is 7.74. The van der Waals surface area contributed by atoms with Crippen LogP contribution in [0.2, 0.25) is 0 Å². The van der Waals surface area contributed by atoms with Gasteiger partial charge in [-0.1, -0.05) is 13.3 Å². The smallest absolute Gasteiger partial charge is 0.338 e. The summed E-state index contributed by atoms with van der Waals surface area (Å²) in [5.41, 5.74) is 2.36. The number of hydrogen-bond donors (Lipinski definition) is 0. The van der Waals surface area contributed by atoms with Crippen LogP contribution in [0, 0.1) is 0 Å². The van der Waals surface area contributed by atoms with Gasteiger partial charge in [-0.05, 0) is 18.6 Å². The summed E-state index contributed by atoms with van der Waals surface area (Å²) in [6.45, 7) is 2.11. The molecule has 0 aromatic carbocycles. The van der Waals surface area contributed by atoms with Crippen molar-refractivity contribution in [2.24, 2.45) is 0 Å². The minimum Gasteiger partial charge on any atom is -0.465 e. The number of rotatable bonds is 3. The largest absolute Gasteiger partial charge is 0.465 e. The third-order valence-corrected chi connectivity index (χ3v) is 2.44. The lowest BCUT2D eigenvalue weighted by Crippen LogP contribution is -2.01. The molecule has 16 heavy (non-hydrogen) atoms. The molecule has 2 aromatic rings. The predicted molar refractivity (Wildman–Crippen MR) is 60.5 cm³/mol. The zero-order valence-electron chi connectivity index (χ0n) is 9.43. The summed E-state index contributed by atoms with van der Waals surface area (Å²) in [4.78, 5) is 15.8. The van der Waals surface area contributed by atoms with E-state index in [2.05, 4.69) is 16.6 Å². The second-order valence-corrected chi connectivity index (χ2v) is 3.65. The average Bonchev–Trinajstić information content (AvgIpc) is 2.69. The van der Waals surface area contributed by atoms with Crippen LogP contribution >= 0.6 is 0 Å². The Morgan fingerprint density at radius 2 is 2.38 bits per heavy atom. The van der Waals surface area contributed by atoms with E-state index in [1.807, 2.05) is 16.8 Å². The number of methoxy groups -OCH3 is 1. The summed E-state index contributed by atoms with van der Waals surface area (Å²) in [7, 11) is 1.38. The molecule has 0 amide bonds. The van der Waals surface area contributed by atoms with E-state index < -0.39 is 0 Å². The molecule has 2 aromatic heterocycles. The van der Waals surface area contributed by atoms with E-state index in [1.54, 1.807) is 12.1 Å². The molecule has 2 rings (SSSR count). The number of hydrogen-bond acceptors (Lipinski definition) is 3. The minimum atomic E-state index is -0.331. The van der Waals surface area contributed by atoms with Crippen molar-refractivity contribution in [3.05, 3.63) is 35.8 Å². The average molecular weight is 218 g/mol. The van der Waals surface area contributed by atoms with Gasteiger partial charge in [0.1, 0.15) is 5.65 Å². The quantitative estimate of drug-likeness (QED) is 0.741. The Kier molecular flexibility index (Phi) is 2.90. The molecule has 0 saturated heterocycles. The van der Waals surface area contributed by atoms with E-state index in [1.165, 1.54) is 7.11 Å². The van der Waals surface area contributed by atoms with Gasteiger partial charge in [0.2, 0.25) is 0 Å². The van der Waals surface area contributed by atoms with E-state index in [0.29, 0.717) is 5.56 Å². The van der Waals surface area contributed by atoms with Crippen molar-refractivity contribution in [2.75, 3.05) is 7.11 Å². The molecule has 0 unspecified atom stereocenters. The van der Waals surface area contributed by atoms with Crippen LogP contribution in [0.1, 0.15) is 29.4 Å². The topological polar surface area (TPSA) is 43.6 Å². The lowest BCUT2D eigenvalue weighted by Gasteiger charge is -1.98. The summed E-state index contributed by atoms with van der Waals surface area (Å²) in [6.07, 6.45) is 5.83. The summed E-state index contributed by atoms with van der Waals surface area (Å²) in [6, 6.07) is 3.47. The Hall–Kier alpha value is -1.84. The van der Waals surface area contributed by atoms with Crippen molar-refractivity contribution >= 4 is 11.6 Å². The van der Waals surface area contributed by atoms with Crippen molar-refractivity contribution in [2.45, 2.75) is 19.8 Å². The zero-order chi connectivity index (χ0) is 11.5. The molecule has 4 nitrogen and oxygen atoms in total. The second kappa shape index (κ2) is 4.35. The Labute approximate surface area is 93.9 Å². The molecule has 84 valence electrons. The molecule has 0 aliphatic carbocycles. The van der Waals surface area contributed by atoms with Crippen molar-refractivity contribution in [3.63, 3.8) is 0 Å². The van der Waals surface area contributed by atoms with Gasteiger partial charge < -0.3 is 9.14 Å². The van der Waals surface area contributed by atoms with Gasteiger partial charge in [-0.15, -0.1) is 0 Å². The minimum absolute atomic E-state index is 0.331. The summed E-state index contributed by atoms with van der Waals surface area (Å²) in [5.74, 6) is -0.331. The fourth-order valence-corrected chi connectivity index (χ4v) is 1.66. The fourth-order valence-electron chi connectivity index (χ4n) is 1.66. The van der Waals surface area contributed by atoms with Gasteiger partial charge >= 0.3 is 5.97 Å². The standard InChI is InChI=1S/C12H14N2O2/c1-3-4-10-8-14-6-5-9(12(15)16-2)7-11(14)13-10/h5-8H,3-4H2,1-2H3. The Morgan fingerprint density at radius 1 is 1.56 bits per heavy atom. The number of ether oxygens (including phenoxy) is 1. The number of esters is 1. The van der Waals surface area contributed by atoms with Crippen LogP contribution in [0.25, 0.3) is 5.65 Å². The monoisotopic (exact) mass is 218 g/mol.